The Balaban J connectivity index is 2.15. The van der Waals surface area contributed by atoms with Crippen molar-refractivity contribution in [3.63, 3.8) is 0 Å². The summed E-state index contributed by atoms with van der Waals surface area (Å²) in [4.78, 5) is 10.5. The maximum atomic E-state index is 10.5. The van der Waals surface area contributed by atoms with E-state index >= 15 is 0 Å². The van der Waals surface area contributed by atoms with Crippen molar-refractivity contribution in [3.05, 3.63) is 48.3 Å². The van der Waals surface area contributed by atoms with Crippen LogP contribution in [0.3, 0.4) is 0 Å². The van der Waals surface area contributed by atoms with Crippen LogP contribution < -0.4 is 0 Å². The molecule has 88 valence electrons. The number of carbonyl (C=O) groups is 1. The van der Waals surface area contributed by atoms with Gasteiger partial charge in [-0.25, -0.2) is 4.68 Å². The van der Waals surface area contributed by atoms with Crippen LogP contribution >= 0.6 is 0 Å². The van der Waals surface area contributed by atoms with Crippen molar-refractivity contribution in [1.29, 1.82) is 0 Å². The molecule has 2 N–H and O–H groups in total. The zero-order valence-electron chi connectivity index (χ0n) is 9.02. The summed E-state index contributed by atoms with van der Waals surface area (Å²) in [6.45, 7) is 0. The molecular formula is C12H12N2O3. The van der Waals surface area contributed by atoms with Gasteiger partial charge in [0.25, 0.3) is 0 Å². The molecule has 2 rings (SSSR count). The van der Waals surface area contributed by atoms with Gasteiger partial charge in [-0.2, -0.15) is 5.10 Å². The first kappa shape index (κ1) is 11.3. The number of hydrogen-bond acceptors (Lipinski definition) is 3. The first-order valence-corrected chi connectivity index (χ1v) is 5.16. The Morgan fingerprint density at radius 1 is 1.35 bits per heavy atom. The molecule has 0 radical (unpaired) electrons. The fraction of sp³-hybridized carbons (Fsp3) is 0.167. The van der Waals surface area contributed by atoms with Crippen molar-refractivity contribution in [1.82, 2.24) is 9.78 Å². The Hall–Kier alpha value is -2.14. The highest BCUT2D eigenvalue weighted by molar-refractivity contribution is 5.67. The van der Waals surface area contributed by atoms with E-state index in [1.165, 1.54) is 0 Å². The van der Waals surface area contributed by atoms with Crippen molar-refractivity contribution in [2.75, 3.05) is 0 Å². The van der Waals surface area contributed by atoms with Crippen LogP contribution in [0.25, 0.3) is 5.69 Å². The van der Waals surface area contributed by atoms with Gasteiger partial charge >= 0.3 is 5.97 Å². The van der Waals surface area contributed by atoms with Crippen molar-refractivity contribution in [3.8, 4) is 5.69 Å². The van der Waals surface area contributed by atoms with Crippen LogP contribution in [0.4, 0.5) is 0 Å². The second-order valence-corrected chi connectivity index (χ2v) is 3.66. The fourth-order valence-electron chi connectivity index (χ4n) is 1.55. The molecule has 5 heteroatoms. The zero-order valence-corrected chi connectivity index (χ0v) is 9.02. The molecule has 1 atom stereocenters. The Labute approximate surface area is 97.9 Å². The van der Waals surface area contributed by atoms with Crippen LogP contribution in [0, 0.1) is 0 Å². The van der Waals surface area contributed by atoms with Crippen LogP contribution in [-0.2, 0) is 4.79 Å². The van der Waals surface area contributed by atoms with E-state index in [4.69, 9.17) is 5.11 Å². The number of carboxylic acids is 1. The minimum Gasteiger partial charge on any atom is -0.481 e. The molecule has 0 bridgehead atoms. The number of benzene rings is 1. The summed E-state index contributed by atoms with van der Waals surface area (Å²) < 4.78 is 1.69. The number of aromatic nitrogens is 2. The van der Waals surface area contributed by atoms with Gasteiger partial charge in [-0.05, 0) is 23.8 Å². The van der Waals surface area contributed by atoms with Crippen molar-refractivity contribution in [2.24, 2.45) is 0 Å². The van der Waals surface area contributed by atoms with E-state index in [1.54, 1.807) is 35.1 Å². The lowest BCUT2D eigenvalue weighted by Gasteiger charge is -2.09. The molecule has 0 saturated carbocycles. The fourth-order valence-corrected chi connectivity index (χ4v) is 1.55. The quantitative estimate of drug-likeness (QED) is 0.835. The topological polar surface area (TPSA) is 75.3 Å². The predicted octanol–water partition coefficient (Wildman–Crippen LogP) is 1.38. The number of carboxylic acid groups (broad SMARTS) is 1. The summed E-state index contributed by atoms with van der Waals surface area (Å²) >= 11 is 0. The van der Waals surface area contributed by atoms with Gasteiger partial charge in [-0.15, -0.1) is 0 Å². The SMILES string of the molecule is O=C(O)C[C@@H](O)c1ccc(-n2cccn2)cc1. The van der Waals surface area contributed by atoms with Gasteiger partial charge in [0.05, 0.1) is 18.2 Å². The van der Waals surface area contributed by atoms with E-state index in [-0.39, 0.29) is 6.42 Å². The van der Waals surface area contributed by atoms with Gasteiger partial charge in [0.1, 0.15) is 0 Å². The summed E-state index contributed by atoms with van der Waals surface area (Å²) in [7, 11) is 0. The van der Waals surface area contributed by atoms with Gasteiger partial charge in [-0.1, -0.05) is 12.1 Å². The Bertz CT molecular complexity index is 491. The molecule has 0 saturated heterocycles. The number of aliphatic hydroxyl groups is 1. The van der Waals surface area contributed by atoms with Crippen LogP contribution in [0.15, 0.2) is 42.7 Å². The highest BCUT2D eigenvalue weighted by atomic mass is 16.4. The molecular weight excluding hydrogens is 220 g/mol. The van der Waals surface area contributed by atoms with Crippen LogP contribution in [0.1, 0.15) is 18.1 Å². The standard InChI is InChI=1S/C12H12N2O3/c15-11(8-12(16)17)9-2-4-10(5-3-9)14-7-1-6-13-14/h1-7,11,15H,8H2,(H,16,17)/t11-/m1/s1. The Morgan fingerprint density at radius 2 is 2.06 bits per heavy atom. The van der Waals surface area contributed by atoms with Crippen LogP contribution in [0.2, 0.25) is 0 Å². The number of aliphatic carboxylic acids is 1. The van der Waals surface area contributed by atoms with Gasteiger partial charge in [-0.3, -0.25) is 4.79 Å². The minimum absolute atomic E-state index is 0.291. The monoisotopic (exact) mass is 232 g/mol. The minimum atomic E-state index is -1.02. The van der Waals surface area contributed by atoms with E-state index in [9.17, 15) is 9.90 Å². The van der Waals surface area contributed by atoms with Crippen molar-refractivity contribution < 1.29 is 15.0 Å². The van der Waals surface area contributed by atoms with E-state index in [0.717, 1.165) is 5.69 Å². The lowest BCUT2D eigenvalue weighted by molar-refractivity contribution is -0.139. The van der Waals surface area contributed by atoms with Gasteiger partial charge in [0.15, 0.2) is 0 Å². The molecule has 1 aromatic heterocycles. The molecule has 1 heterocycles. The van der Waals surface area contributed by atoms with Crippen molar-refractivity contribution >= 4 is 5.97 Å². The molecule has 0 aliphatic carbocycles. The molecule has 5 nitrogen and oxygen atoms in total. The number of hydrogen-bond donors (Lipinski definition) is 2. The first-order chi connectivity index (χ1) is 8.16. The molecule has 0 aliphatic rings. The van der Waals surface area contributed by atoms with Gasteiger partial charge in [0.2, 0.25) is 0 Å². The lowest BCUT2D eigenvalue weighted by Crippen LogP contribution is -2.05. The largest absolute Gasteiger partial charge is 0.481 e. The normalized spacial score (nSPS) is 12.3. The third-order valence-corrected chi connectivity index (χ3v) is 2.41. The molecule has 0 aliphatic heterocycles. The van der Waals surface area contributed by atoms with Gasteiger partial charge in [0, 0.05) is 12.4 Å². The average molecular weight is 232 g/mol. The Kier molecular flexibility index (Phi) is 3.20. The summed E-state index contributed by atoms with van der Waals surface area (Å²) in [5.74, 6) is -1.02. The number of rotatable bonds is 4. The number of nitrogens with zero attached hydrogens (tertiary/aromatic N) is 2. The maximum Gasteiger partial charge on any atom is 0.306 e. The smallest absolute Gasteiger partial charge is 0.306 e. The van der Waals surface area contributed by atoms with E-state index in [0.29, 0.717) is 5.56 Å². The highest BCUT2D eigenvalue weighted by Crippen LogP contribution is 2.18. The molecule has 0 amide bonds. The van der Waals surface area contributed by atoms with E-state index < -0.39 is 12.1 Å². The molecule has 0 spiro atoms. The second-order valence-electron chi connectivity index (χ2n) is 3.66. The van der Waals surface area contributed by atoms with E-state index in [2.05, 4.69) is 5.10 Å². The van der Waals surface area contributed by atoms with E-state index in [1.807, 2.05) is 12.3 Å². The van der Waals surface area contributed by atoms with Crippen molar-refractivity contribution in [2.45, 2.75) is 12.5 Å². The average Bonchev–Trinajstić information content (AvgIpc) is 2.82. The maximum absolute atomic E-state index is 10.5. The van der Waals surface area contributed by atoms with Gasteiger partial charge < -0.3 is 10.2 Å². The third kappa shape index (κ3) is 2.70. The summed E-state index contributed by atoms with van der Waals surface area (Å²) in [5.41, 5.74) is 1.45. The Morgan fingerprint density at radius 3 is 2.59 bits per heavy atom. The molecule has 2 aromatic rings. The van der Waals surface area contributed by atoms with Crippen LogP contribution in [-0.4, -0.2) is 26.0 Å². The third-order valence-electron chi connectivity index (χ3n) is 2.41. The first-order valence-electron chi connectivity index (χ1n) is 5.16. The molecule has 0 unspecified atom stereocenters. The second kappa shape index (κ2) is 4.80. The lowest BCUT2D eigenvalue weighted by atomic mass is 10.1. The summed E-state index contributed by atoms with van der Waals surface area (Å²) in [6.07, 6.45) is 2.22. The molecule has 17 heavy (non-hydrogen) atoms. The summed E-state index contributed by atoms with van der Waals surface area (Å²) in [6, 6.07) is 8.78. The molecule has 0 fully saturated rings. The number of aliphatic hydroxyl groups excluding tert-OH is 1. The highest BCUT2D eigenvalue weighted by Gasteiger charge is 2.11. The predicted molar refractivity (Wildman–Crippen MR) is 60.8 cm³/mol. The summed E-state index contributed by atoms with van der Waals surface area (Å²) in [5, 5.41) is 22.3. The van der Waals surface area contributed by atoms with Crippen LogP contribution in [0.5, 0.6) is 0 Å². The molecule has 1 aromatic carbocycles. The zero-order chi connectivity index (χ0) is 12.3.